The van der Waals surface area contributed by atoms with Crippen LogP contribution in [0.15, 0.2) is 42.0 Å². The van der Waals surface area contributed by atoms with E-state index in [0.717, 1.165) is 57.0 Å². The number of nitrogens with one attached hydrogen (secondary N) is 1. The van der Waals surface area contributed by atoms with E-state index in [9.17, 15) is 10.1 Å². The Hall–Kier alpha value is -2.63. The largest absolute Gasteiger partial charge is 0.492 e. The molecule has 2 aromatic rings. The van der Waals surface area contributed by atoms with Crippen LogP contribution in [0.2, 0.25) is 10.2 Å². The molecule has 0 saturated carbocycles. The molecular formula is C27H32Cl2N4O3. The van der Waals surface area contributed by atoms with Crippen molar-refractivity contribution in [3.8, 4) is 11.8 Å². The Morgan fingerprint density at radius 3 is 2.58 bits per heavy atom. The molecule has 1 aliphatic heterocycles. The van der Waals surface area contributed by atoms with Crippen molar-refractivity contribution in [2.75, 3.05) is 39.5 Å². The number of pyridine rings is 1. The molecule has 1 saturated heterocycles. The second-order valence-electron chi connectivity index (χ2n) is 9.04. The number of carbonyl (C=O) groups excluding carboxylic acids is 1. The summed E-state index contributed by atoms with van der Waals surface area (Å²) in [6.45, 7) is 9.12. The molecule has 1 aliphatic rings. The molecule has 1 fully saturated rings. The minimum Gasteiger partial charge on any atom is -0.492 e. The highest BCUT2D eigenvalue weighted by Gasteiger charge is 2.19. The molecule has 2 heterocycles. The number of hydrogen-bond donors (Lipinski definition) is 1. The first-order valence-electron chi connectivity index (χ1n) is 12.1. The molecule has 0 radical (unpaired) electrons. The van der Waals surface area contributed by atoms with Crippen LogP contribution in [0, 0.1) is 17.2 Å². The summed E-state index contributed by atoms with van der Waals surface area (Å²) in [6, 6.07) is 12.6. The number of hydrogen-bond acceptors (Lipinski definition) is 6. The molecule has 1 aromatic carbocycles. The van der Waals surface area contributed by atoms with Crippen LogP contribution >= 0.6 is 23.2 Å². The summed E-state index contributed by atoms with van der Waals surface area (Å²) in [5.74, 6) is 0.753. The lowest BCUT2D eigenvalue weighted by molar-refractivity contribution is -0.117. The number of aromatic nitrogens is 1. The quantitative estimate of drug-likeness (QED) is 0.241. The fourth-order valence-corrected chi connectivity index (χ4v) is 4.11. The molecule has 1 unspecified atom stereocenters. The summed E-state index contributed by atoms with van der Waals surface area (Å²) in [5.41, 5.74) is 1.12. The van der Waals surface area contributed by atoms with E-state index in [1.807, 2.05) is 30.3 Å². The minimum absolute atomic E-state index is 0.0933. The number of amides is 1. The predicted molar refractivity (Wildman–Crippen MR) is 142 cm³/mol. The molecule has 1 aromatic heterocycles. The molecule has 3 rings (SSSR count). The number of halogens is 2. The highest BCUT2D eigenvalue weighted by molar-refractivity contribution is 6.33. The molecule has 9 heteroatoms. The second kappa shape index (κ2) is 14.2. The van der Waals surface area contributed by atoms with Gasteiger partial charge in [-0.15, -0.1) is 0 Å². The van der Waals surface area contributed by atoms with Gasteiger partial charge in [0.2, 0.25) is 0 Å². The number of nitriles is 1. The average molecular weight is 531 g/mol. The van der Waals surface area contributed by atoms with Gasteiger partial charge in [0.05, 0.1) is 30.0 Å². The van der Waals surface area contributed by atoms with E-state index < -0.39 is 5.91 Å². The number of ether oxygens (including phenoxy) is 2. The van der Waals surface area contributed by atoms with Crippen LogP contribution < -0.4 is 10.1 Å². The monoisotopic (exact) mass is 530 g/mol. The zero-order chi connectivity index (χ0) is 25.9. The number of rotatable bonds is 11. The summed E-state index contributed by atoms with van der Waals surface area (Å²) in [6.07, 6.45) is 3.00. The Morgan fingerprint density at radius 2 is 1.92 bits per heavy atom. The fraction of sp³-hybridized carbons (Fsp3) is 0.444. The number of morpholine rings is 1. The van der Waals surface area contributed by atoms with Gasteiger partial charge in [-0.25, -0.2) is 4.98 Å². The molecule has 7 nitrogen and oxygen atoms in total. The number of benzene rings is 1. The summed E-state index contributed by atoms with van der Waals surface area (Å²) < 4.78 is 11.3. The lowest BCUT2D eigenvalue weighted by atomic mass is 9.97. The topological polar surface area (TPSA) is 87.5 Å². The van der Waals surface area contributed by atoms with Crippen LogP contribution in [0.1, 0.15) is 44.0 Å². The van der Waals surface area contributed by atoms with Crippen LogP contribution in [0.5, 0.6) is 5.75 Å². The molecule has 36 heavy (non-hydrogen) atoms. The third-order valence-electron chi connectivity index (χ3n) is 5.89. The Balaban J connectivity index is 1.67. The maximum absolute atomic E-state index is 13.0. The third-order valence-corrected chi connectivity index (χ3v) is 6.42. The Labute approximate surface area is 223 Å². The normalized spacial score (nSPS) is 15.4. The van der Waals surface area contributed by atoms with Gasteiger partial charge < -0.3 is 14.8 Å². The standard InChI is InChI=1S/C27H32Cl2N4O3/c1-19(2)3-9-24(32-27(34)21(18-30)17-25-23(28)8-10-26(29)31-25)20-4-6-22(7-5-20)36-16-13-33-11-14-35-15-12-33/h4-8,10,17,19,24H,3,9,11-16H2,1-2H3,(H,32,34). The van der Waals surface area contributed by atoms with Crippen molar-refractivity contribution in [2.24, 2.45) is 5.92 Å². The average Bonchev–Trinajstić information content (AvgIpc) is 2.88. The molecule has 1 atom stereocenters. The van der Waals surface area contributed by atoms with Crippen molar-refractivity contribution >= 4 is 35.2 Å². The van der Waals surface area contributed by atoms with Crippen LogP contribution in [0.4, 0.5) is 0 Å². The first kappa shape index (κ1) is 27.9. The maximum atomic E-state index is 13.0. The van der Waals surface area contributed by atoms with Gasteiger partial charge >= 0.3 is 0 Å². The summed E-state index contributed by atoms with van der Waals surface area (Å²) in [4.78, 5) is 19.4. The Kier molecular flexibility index (Phi) is 11.0. The first-order valence-corrected chi connectivity index (χ1v) is 12.9. The fourth-order valence-electron chi connectivity index (χ4n) is 3.79. The summed E-state index contributed by atoms with van der Waals surface area (Å²) in [5, 5.41) is 13.2. The smallest absolute Gasteiger partial charge is 0.262 e. The predicted octanol–water partition coefficient (Wildman–Crippen LogP) is 5.30. The van der Waals surface area contributed by atoms with Crippen molar-refractivity contribution in [3.63, 3.8) is 0 Å². The van der Waals surface area contributed by atoms with E-state index >= 15 is 0 Å². The highest BCUT2D eigenvalue weighted by atomic mass is 35.5. The van der Waals surface area contributed by atoms with E-state index in [1.165, 1.54) is 6.08 Å². The Bertz CT molecular complexity index is 1080. The maximum Gasteiger partial charge on any atom is 0.262 e. The molecule has 0 spiro atoms. The molecule has 1 N–H and O–H groups in total. The van der Waals surface area contributed by atoms with Crippen molar-refractivity contribution in [3.05, 3.63) is 63.4 Å². The van der Waals surface area contributed by atoms with Gasteiger partial charge in [-0.3, -0.25) is 9.69 Å². The van der Waals surface area contributed by atoms with Gasteiger partial charge in [-0.05, 0) is 54.7 Å². The van der Waals surface area contributed by atoms with E-state index in [1.54, 1.807) is 12.1 Å². The minimum atomic E-state index is -0.491. The van der Waals surface area contributed by atoms with E-state index in [-0.39, 0.29) is 22.5 Å². The van der Waals surface area contributed by atoms with Crippen LogP contribution in [-0.2, 0) is 9.53 Å². The van der Waals surface area contributed by atoms with E-state index in [4.69, 9.17) is 32.7 Å². The van der Waals surface area contributed by atoms with E-state index in [0.29, 0.717) is 17.5 Å². The van der Waals surface area contributed by atoms with Gasteiger partial charge in [-0.1, -0.05) is 49.2 Å². The SMILES string of the molecule is CC(C)CCC(NC(=O)C(C#N)=Cc1nc(Cl)ccc1Cl)c1ccc(OCCN2CCOCC2)cc1. The second-order valence-corrected chi connectivity index (χ2v) is 9.83. The van der Waals surface area contributed by atoms with E-state index in [2.05, 4.69) is 29.0 Å². The van der Waals surface area contributed by atoms with Crippen molar-refractivity contribution in [1.29, 1.82) is 5.26 Å². The number of nitrogens with zero attached hydrogens (tertiary/aromatic N) is 3. The van der Waals surface area contributed by atoms with Crippen LogP contribution in [0.25, 0.3) is 6.08 Å². The van der Waals surface area contributed by atoms with Crippen LogP contribution in [0.3, 0.4) is 0 Å². The third kappa shape index (κ3) is 8.79. The number of carbonyl (C=O) groups is 1. The zero-order valence-electron chi connectivity index (χ0n) is 20.7. The van der Waals surface area contributed by atoms with Gasteiger partial charge in [0, 0.05) is 19.6 Å². The zero-order valence-corrected chi connectivity index (χ0v) is 22.2. The summed E-state index contributed by atoms with van der Waals surface area (Å²) in [7, 11) is 0. The van der Waals surface area contributed by atoms with Gasteiger partial charge in [-0.2, -0.15) is 5.26 Å². The lowest BCUT2D eigenvalue weighted by Crippen LogP contribution is -2.38. The van der Waals surface area contributed by atoms with Gasteiger partial charge in [0.25, 0.3) is 5.91 Å². The van der Waals surface area contributed by atoms with Gasteiger partial charge in [0.1, 0.15) is 29.2 Å². The van der Waals surface area contributed by atoms with Gasteiger partial charge in [0.15, 0.2) is 0 Å². The lowest BCUT2D eigenvalue weighted by Gasteiger charge is -2.26. The van der Waals surface area contributed by atoms with Crippen molar-refractivity contribution in [2.45, 2.75) is 32.7 Å². The molecule has 192 valence electrons. The molecular weight excluding hydrogens is 499 g/mol. The van der Waals surface area contributed by atoms with Crippen molar-refractivity contribution in [1.82, 2.24) is 15.2 Å². The highest BCUT2D eigenvalue weighted by Crippen LogP contribution is 2.25. The van der Waals surface area contributed by atoms with Crippen LogP contribution in [-0.4, -0.2) is 55.2 Å². The van der Waals surface area contributed by atoms with Crippen molar-refractivity contribution < 1.29 is 14.3 Å². The first-order chi connectivity index (χ1) is 17.4. The summed E-state index contributed by atoms with van der Waals surface area (Å²) >= 11 is 12.1. The molecule has 1 amide bonds. The Morgan fingerprint density at radius 1 is 1.19 bits per heavy atom. The molecule has 0 bridgehead atoms. The molecule has 0 aliphatic carbocycles.